The number of carbonyl (C=O) groups is 2. The van der Waals surface area contributed by atoms with E-state index in [1.165, 1.54) is 4.90 Å². The molecule has 0 aliphatic carbocycles. The van der Waals surface area contributed by atoms with Gasteiger partial charge < -0.3 is 0 Å². The van der Waals surface area contributed by atoms with Crippen LogP contribution in [0, 0.1) is 13.8 Å². The zero-order valence-corrected chi connectivity index (χ0v) is 18.0. The highest BCUT2D eigenvalue weighted by Gasteiger charge is 2.42. The van der Waals surface area contributed by atoms with Crippen molar-refractivity contribution in [3.63, 3.8) is 0 Å². The Morgan fingerprint density at radius 2 is 1.40 bits per heavy atom. The fourth-order valence-corrected chi connectivity index (χ4v) is 4.62. The van der Waals surface area contributed by atoms with E-state index in [-0.39, 0.29) is 11.8 Å². The Morgan fingerprint density at radius 1 is 0.767 bits per heavy atom. The number of anilines is 1. The zero-order chi connectivity index (χ0) is 21.0. The molecule has 4 nitrogen and oxygen atoms in total. The van der Waals surface area contributed by atoms with Crippen LogP contribution >= 0.6 is 15.9 Å². The summed E-state index contributed by atoms with van der Waals surface area (Å²) in [5.74, 6) is -0.643. The van der Waals surface area contributed by atoms with Crippen LogP contribution in [-0.4, -0.2) is 16.8 Å². The molecule has 30 heavy (non-hydrogen) atoms. The van der Waals surface area contributed by atoms with Gasteiger partial charge in [0.05, 0.1) is 28.0 Å². The molecule has 4 aromatic rings. The first-order chi connectivity index (χ1) is 14.5. The monoisotopic (exact) mass is 456 g/mol. The maximum Gasteiger partial charge on any atom is 0.268 e. The predicted molar refractivity (Wildman–Crippen MR) is 122 cm³/mol. The summed E-state index contributed by atoms with van der Waals surface area (Å²) in [6.45, 7) is 3.83. The van der Waals surface area contributed by atoms with Gasteiger partial charge in [-0.1, -0.05) is 60.7 Å². The molecule has 0 radical (unpaired) electrons. The fourth-order valence-electron chi connectivity index (χ4n) is 4.16. The summed E-state index contributed by atoms with van der Waals surface area (Å²) in [5, 5.41) is 0.672. The van der Waals surface area contributed by atoms with Gasteiger partial charge in [0.25, 0.3) is 11.8 Å². The second kappa shape index (κ2) is 6.89. The molecule has 0 saturated heterocycles. The molecule has 0 fully saturated rings. The number of pyridine rings is 1. The lowest BCUT2D eigenvalue weighted by Crippen LogP contribution is -2.30. The van der Waals surface area contributed by atoms with Gasteiger partial charge in [0.2, 0.25) is 0 Å². The minimum atomic E-state index is -0.333. The van der Waals surface area contributed by atoms with E-state index in [0.717, 1.165) is 21.2 Å². The fraction of sp³-hybridized carbons (Fsp3) is 0.0800. The number of amides is 2. The van der Waals surface area contributed by atoms with Gasteiger partial charge in [-0.2, -0.15) is 0 Å². The van der Waals surface area contributed by atoms with Crippen molar-refractivity contribution >= 4 is 44.3 Å². The molecule has 0 saturated carbocycles. The number of nitrogens with zero attached hydrogens (tertiary/aromatic N) is 2. The third-order valence-corrected chi connectivity index (χ3v) is 6.15. The number of halogens is 1. The van der Waals surface area contributed by atoms with Crippen LogP contribution in [0.2, 0.25) is 0 Å². The number of benzene rings is 3. The summed E-state index contributed by atoms with van der Waals surface area (Å²) < 4.78 is 0.783. The Kier molecular flexibility index (Phi) is 4.29. The lowest BCUT2D eigenvalue weighted by Gasteiger charge is -2.19. The number of rotatable bonds is 2. The molecule has 2 heterocycles. The lowest BCUT2D eigenvalue weighted by molar-refractivity contribution is 0.0926. The van der Waals surface area contributed by atoms with Crippen LogP contribution in [0.3, 0.4) is 0 Å². The highest BCUT2D eigenvalue weighted by molar-refractivity contribution is 9.10. The van der Waals surface area contributed by atoms with Gasteiger partial charge in [-0.25, -0.2) is 9.88 Å². The first kappa shape index (κ1) is 18.7. The van der Waals surface area contributed by atoms with E-state index in [0.29, 0.717) is 33.4 Å². The van der Waals surface area contributed by atoms with Gasteiger partial charge in [0.1, 0.15) is 0 Å². The summed E-state index contributed by atoms with van der Waals surface area (Å²) in [6.07, 6.45) is 0. The predicted octanol–water partition coefficient (Wildman–Crippen LogP) is 6.08. The van der Waals surface area contributed by atoms with Crippen molar-refractivity contribution < 1.29 is 9.59 Å². The number of aryl methyl sites for hydroxylation is 2. The van der Waals surface area contributed by atoms with E-state index < -0.39 is 0 Å². The Bertz CT molecular complexity index is 1340. The largest absolute Gasteiger partial charge is 0.268 e. The molecule has 1 aromatic heterocycles. The standard InChI is InChI=1S/C25H17BrN2O2/c1-14-8-6-9-15(2)23(14)28-24(29)19-17-12-7-13-18(26)22(17)27-21(20(19)25(28)30)16-10-4-3-5-11-16/h3-13H,1-2H3. The highest BCUT2D eigenvalue weighted by atomic mass is 79.9. The first-order valence-electron chi connectivity index (χ1n) is 9.61. The average molecular weight is 457 g/mol. The number of carbonyl (C=O) groups excluding carboxylic acids is 2. The van der Waals surface area contributed by atoms with Crippen molar-refractivity contribution in [2.24, 2.45) is 0 Å². The van der Waals surface area contributed by atoms with Crippen molar-refractivity contribution in [1.82, 2.24) is 4.98 Å². The van der Waals surface area contributed by atoms with Crippen LogP contribution < -0.4 is 4.90 Å². The second-order valence-electron chi connectivity index (χ2n) is 7.40. The molecule has 146 valence electrons. The van der Waals surface area contributed by atoms with Gasteiger partial charge in [-0.15, -0.1) is 0 Å². The minimum absolute atomic E-state index is 0.310. The second-order valence-corrected chi connectivity index (χ2v) is 8.25. The minimum Gasteiger partial charge on any atom is -0.268 e. The molecule has 1 aliphatic rings. The molecule has 5 heteroatoms. The molecule has 2 amide bonds. The van der Waals surface area contributed by atoms with Crippen LogP contribution in [-0.2, 0) is 0 Å². The van der Waals surface area contributed by atoms with Gasteiger partial charge in [-0.05, 0) is 47.0 Å². The maximum atomic E-state index is 13.7. The van der Waals surface area contributed by atoms with Crippen LogP contribution in [0.15, 0.2) is 71.2 Å². The normalized spacial score (nSPS) is 13.2. The van der Waals surface area contributed by atoms with Gasteiger partial charge in [-0.3, -0.25) is 9.59 Å². The average Bonchev–Trinajstić information content (AvgIpc) is 3.00. The Balaban J connectivity index is 1.87. The summed E-state index contributed by atoms with van der Waals surface area (Å²) >= 11 is 3.56. The smallest absolute Gasteiger partial charge is 0.268 e. The number of fused-ring (bicyclic) bond motifs is 3. The molecule has 0 atom stereocenters. The Morgan fingerprint density at radius 3 is 2.10 bits per heavy atom. The first-order valence-corrected chi connectivity index (χ1v) is 10.4. The van der Waals surface area contributed by atoms with Crippen LogP contribution in [0.5, 0.6) is 0 Å². The third-order valence-electron chi connectivity index (χ3n) is 5.51. The summed E-state index contributed by atoms with van der Waals surface area (Å²) in [6, 6.07) is 20.9. The van der Waals surface area contributed by atoms with Crippen LogP contribution in [0.25, 0.3) is 22.2 Å². The van der Waals surface area contributed by atoms with E-state index >= 15 is 0 Å². The number of para-hydroxylation sites is 2. The molecular formula is C25H17BrN2O2. The highest BCUT2D eigenvalue weighted by Crippen LogP contribution is 2.41. The van der Waals surface area contributed by atoms with Crippen molar-refractivity contribution in [1.29, 1.82) is 0 Å². The number of hydrogen-bond donors (Lipinski definition) is 0. The van der Waals surface area contributed by atoms with Gasteiger partial charge in [0, 0.05) is 15.4 Å². The third kappa shape index (κ3) is 2.62. The van der Waals surface area contributed by atoms with Crippen LogP contribution in [0.1, 0.15) is 31.8 Å². The van der Waals surface area contributed by atoms with Crippen LogP contribution in [0.4, 0.5) is 5.69 Å². The summed E-state index contributed by atoms with van der Waals surface area (Å²) in [5.41, 5.74) is 5.17. The molecule has 0 N–H and O–H groups in total. The zero-order valence-electron chi connectivity index (χ0n) is 16.4. The summed E-state index contributed by atoms with van der Waals surface area (Å²) in [4.78, 5) is 33.5. The topological polar surface area (TPSA) is 50.3 Å². The lowest BCUT2D eigenvalue weighted by atomic mass is 9.98. The SMILES string of the molecule is Cc1cccc(C)c1N1C(=O)c2c(-c3ccccc3)nc3c(Br)cccc3c2C1=O. The molecule has 5 rings (SSSR count). The molecular weight excluding hydrogens is 440 g/mol. The van der Waals surface area contributed by atoms with E-state index in [1.54, 1.807) is 0 Å². The molecule has 3 aromatic carbocycles. The van der Waals surface area contributed by atoms with Crippen molar-refractivity contribution in [3.05, 3.63) is 93.5 Å². The quantitative estimate of drug-likeness (QED) is 0.343. The van der Waals surface area contributed by atoms with Gasteiger partial charge >= 0.3 is 0 Å². The van der Waals surface area contributed by atoms with Gasteiger partial charge in [0.15, 0.2) is 0 Å². The number of aromatic nitrogens is 1. The molecule has 0 spiro atoms. The van der Waals surface area contributed by atoms with E-state index in [1.807, 2.05) is 80.6 Å². The maximum absolute atomic E-state index is 13.7. The van der Waals surface area contributed by atoms with E-state index in [4.69, 9.17) is 4.98 Å². The molecule has 1 aliphatic heterocycles. The number of hydrogen-bond acceptors (Lipinski definition) is 3. The van der Waals surface area contributed by atoms with E-state index in [2.05, 4.69) is 15.9 Å². The number of imide groups is 1. The van der Waals surface area contributed by atoms with Crippen molar-refractivity contribution in [3.8, 4) is 11.3 Å². The van der Waals surface area contributed by atoms with E-state index in [9.17, 15) is 9.59 Å². The Labute approximate surface area is 182 Å². The van der Waals surface area contributed by atoms with Crippen molar-refractivity contribution in [2.45, 2.75) is 13.8 Å². The van der Waals surface area contributed by atoms with Crippen molar-refractivity contribution in [2.75, 3.05) is 4.90 Å². The summed E-state index contributed by atoms with van der Waals surface area (Å²) in [7, 11) is 0. The molecule has 0 bridgehead atoms. The Hall–Kier alpha value is -3.31. The molecule has 0 unspecified atom stereocenters.